The lowest BCUT2D eigenvalue weighted by Gasteiger charge is -2.05. The number of nitrogens with zero attached hydrogens (tertiary/aromatic N) is 2. The van der Waals surface area contributed by atoms with Gasteiger partial charge in [-0.1, -0.05) is 19.9 Å². The van der Waals surface area contributed by atoms with Crippen LogP contribution in [-0.4, -0.2) is 27.8 Å². The molecule has 0 unspecified atom stereocenters. The van der Waals surface area contributed by atoms with Gasteiger partial charge >= 0.3 is 0 Å². The lowest BCUT2D eigenvalue weighted by Crippen LogP contribution is -2.24. The fourth-order valence-electron chi connectivity index (χ4n) is 1.57. The molecule has 0 spiro atoms. The van der Waals surface area contributed by atoms with Crippen LogP contribution in [0.1, 0.15) is 26.1 Å². The van der Waals surface area contributed by atoms with Crippen molar-refractivity contribution in [3.63, 3.8) is 0 Å². The Morgan fingerprint density at radius 2 is 2.35 bits per heavy atom. The van der Waals surface area contributed by atoms with Gasteiger partial charge in [0.05, 0.1) is 4.88 Å². The largest absolute Gasteiger partial charge is 0.315 e. The molecular formula is C12H18N4S. The molecule has 5 heteroatoms. The molecule has 0 fully saturated rings. The molecule has 0 amide bonds. The lowest BCUT2D eigenvalue weighted by molar-refractivity contribution is 0.566. The third-order valence-electron chi connectivity index (χ3n) is 2.42. The first-order valence-corrected chi connectivity index (χ1v) is 6.82. The van der Waals surface area contributed by atoms with Crippen LogP contribution >= 0.6 is 11.3 Å². The van der Waals surface area contributed by atoms with E-state index in [0.29, 0.717) is 6.04 Å². The highest BCUT2D eigenvalue weighted by Gasteiger charge is 2.06. The zero-order chi connectivity index (χ0) is 12.1. The van der Waals surface area contributed by atoms with E-state index in [0.717, 1.165) is 35.9 Å². The minimum atomic E-state index is 0.548. The molecule has 2 rings (SSSR count). The summed E-state index contributed by atoms with van der Waals surface area (Å²) in [4.78, 5) is 5.60. The fourth-order valence-corrected chi connectivity index (χ4v) is 2.23. The van der Waals surface area contributed by atoms with Crippen molar-refractivity contribution in [3.8, 4) is 10.7 Å². The first-order valence-electron chi connectivity index (χ1n) is 5.94. The predicted octanol–water partition coefficient (Wildman–Crippen LogP) is 2.46. The molecule has 0 saturated heterocycles. The zero-order valence-corrected chi connectivity index (χ0v) is 11.0. The van der Waals surface area contributed by atoms with Gasteiger partial charge in [0.15, 0.2) is 5.82 Å². The molecule has 17 heavy (non-hydrogen) atoms. The number of thiophene rings is 1. The highest BCUT2D eigenvalue weighted by atomic mass is 32.1. The number of H-pyrrole nitrogens is 1. The summed E-state index contributed by atoms with van der Waals surface area (Å²) in [7, 11) is 0. The smallest absolute Gasteiger partial charge is 0.191 e. The SMILES string of the molecule is CC(C)NCCCc1nc(-c2cccs2)n[nH]1. The van der Waals surface area contributed by atoms with E-state index in [2.05, 4.69) is 34.3 Å². The van der Waals surface area contributed by atoms with Gasteiger partial charge in [0, 0.05) is 12.5 Å². The molecule has 0 aliphatic rings. The molecule has 0 atom stereocenters. The summed E-state index contributed by atoms with van der Waals surface area (Å²) in [5, 5.41) is 12.7. The van der Waals surface area contributed by atoms with Crippen LogP contribution in [0.2, 0.25) is 0 Å². The van der Waals surface area contributed by atoms with Gasteiger partial charge < -0.3 is 5.32 Å². The lowest BCUT2D eigenvalue weighted by atomic mass is 10.3. The molecular weight excluding hydrogens is 232 g/mol. The zero-order valence-electron chi connectivity index (χ0n) is 10.2. The monoisotopic (exact) mass is 250 g/mol. The van der Waals surface area contributed by atoms with Crippen LogP contribution in [0.25, 0.3) is 10.7 Å². The summed E-state index contributed by atoms with van der Waals surface area (Å²) in [6, 6.07) is 4.60. The predicted molar refractivity (Wildman–Crippen MR) is 71.2 cm³/mol. The molecule has 4 nitrogen and oxygen atoms in total. The van der Waals surface area contributed by atoms with Crippen molar-refractivity contribution in [1.82, 2.24) is 20.5 Å². The van der Waals surface area contributed by atoms with Crippen LogP contribution in [0.15, 0.2) is 17.5 Å². The van der Waals surface area contributed by atoms with Crippen LogP contribution < -0.4 is 5.32 Å². The maximum absolute atomic E-state index is 4.49. The quantitative estimate of drug-likeness (QED) is 0.774. The number of aromatic nitrogens is 3. The standard InChI is InChI=1S/C12H18N4S/c1-9(2)13-7-3-6-11-14-12(16-15-11)10-5-4-8-17-10/h4-5,8-9,13H,3,6-7H2,1-2H3,(H,14,15,16). The van der Waals surface area contributed by atoms with E-state index in [4.69, 9.17) is 0 Å². The molecule has 0 aliphatic carbocycles. The number of hydrogen-bond donors (Lipinski definition) is 2. The van der Waals surface area contributed by atoms with Crippen LogP contribution in [0.4, 0.5) is 0 Å². The Hall–Kier alpha value is -1.20. The summed E-state index contributed by atoms with van der Waals surface area (Å²) < 4.78 is 0. The molecule has 2 aromatic rings. The van der Waals surface area contributed by atoms with Crippen molar-refractivity contribution >= 4 is 11.3 Å². The highest BCUT2D eigenvalue weighted by Crippen LogP contribution is 2.20. The summed E-state index contributed by atoms with van der Waals surface area (Å²) >= 11 is 1.66. The van der Waals surface area contributed by atoms with Gasteiger partial charge in [0.2, 0.25) is 0 Å². The Labute approximate surface area is 105 Å². The third kappa shape index (κ3) is 3.64. The van der Waals surface area contributed by atoms with Gasteiger partial charge in [-0.15, -0.1) is 11.3 Å². The van der Waals surface area contributed by atoms with Crippen molar-refractivity contribution in [3.05, 3.63) is 23.3 Å². The fraction of sp³-hybridized carbons (Fsp3) is 0.500. The Morgan fingerprint density at radius 1 is 1.47 bits per heavy atom. The topological polar surface area (TPSA) is 53.6 Å². The Morgan fingerprint density at radius 3 is 3.06 bits per heavy atom. The molecule has 0 saturated carbocycles. The Bertz CT molecular complexity index is 433. The average molecular weight is 250 g/mol. The second-order valence-electron chi connectivity index (χ2n) is 4.30. The number of nitrogens with one attached hydrogen (secondary N) is 2. The molecule has 0 bridgehead atoms. The summed E-state index contributed by atoms with van der Waals surface area (Å²) in [5.74, 6) is 1.78. The normalized spacial score (nSPS) is 11.2. The number of hydrogen-bond acceptors (Lipinski definition) is 4. The maximum atomic E-state index is 4.49. The number of aromatic amines is 1. The van der Waals surface area contributed by atoms with Gasteiger partial charge in [0.1, 0.15) is 5.82 Å². The van der Waals surface area contributed by atoms with E-state index in [-0.39, 0.29) is 0 Å². The summed E-state index contributed by atoms with van der Waals surface area (Å²) in [5.41, 5.74) is 0. The van der Waals surface area contributed by atoms with Gasteiger partial charge in [-0.2, -0.15) is 5.10 Å². The van der Waals surface area contributed by atoms with E-state index < -0.39 is 0 Å². The van der Waals surface area contributed by atoms with Crippen LogP contribution in [0, 0.1) is 0 Å². The maximum Gasteiger partial charge on any atom is 0.191 e. The second kappa shape index (κ2) is 5.93. The average Bonchev–Trinajstić information content (AvgIpc) is 2.94. The molecule has 2 heterocycles. The molecule has 0 radical (unpaired) electrons. The first-order chi connectivity index (χ1) is 8.25. The first kappa shape index (κ1) is 12.3. The van der Waals surface area contributed by atoms with E-state index in [9.17, 15) is 0 Å². The molecule has 2 N–H and O–H groups in total. The molecule has 2 aromatic heterocycles. The van der Waals surface area contributed by atoms with Crippen molar-refractivity contribution < 1.29 is 0 Å². The van der Waals surface area contributed by atoms with Gasteiger partial charge in [-0.3, -0.25) is 5.10 Å². The van der Waals surface area contributed by atoms with Crippen LogP contribution in [0.5, 0.6) is 0 Å². The molecule has 0 aromatic carbocycles. The second-order valence-corrected chi connectivity index (χ2v) is 5.24. The van der Waals surface area contributed by atoms with Crippen LogP contribution in [0.3, 0.4) is 0 Å². The van der Waals surface area contributed by atoms with Gasteiger partial charge in [-0.25, -0.2) is 4.98 Å². The van der Waals surface area contributed by atoms with E-state index in [1.54, 1.807) is 11.3 Å². The molecule has 0 aliphatic heterocycles. The van der Waals surface area contributed by atoms with Gasteiger partial charge in [0.25, 0.3) is 0 Å². The van der Waals surface area contributed by atoms with E-state index in [1.807, 2.05) is 17.5 Å². The van der Waals surface area contributed by atoms with E-state index in [1.165, 1.54) is 0 Å². The van der Waals surface area contributed by atoms with Crippen molar-refractivity contribution in [2.45, 2.75) is 32.7 Å². The number of aryl methyl sites for hydroxylation is 1. The Kier molecular flexibility index (Phi) is 4.28. The van der Waals surface area contributed by atoms with Crippen molar-refractivity contribution in [1.29, 1.82) is 0 Å². The third-order valence-corrected chi connectivity index (χ3v) is 3.28. The summed E-state index contributed by atoms with van der Waals surface area (Å²) in [6.07, 6.45) is 2.02. The number of rotatable bonds is 6. The van der Waals surface area contributed by atoms with Crippen LogP contribution in [-0.2, 0) is 6.42 Å². The van der Waals surface area contributed by atoms with Crippen molar-refractivity contribution in [2.75, 3.05) is 6.54 Å². The molecule has 92 valence electrons. The van der Waals surface area contributed by atoms with Crippen molar-refractivity contribution in [2.24, 2.45) is 0 Å². The highest BCUT2D eigenvalue weighted by molar-refractivity contribution is 7.13. The minimum absolute atomic E-state index is 0.548. The Balaban J connectivity index is 1.83. The summed E-state index contributed by atoms with van der Waals surface area (Å²) in [6.45, 7) is 5.33. The van der Waals surface area contributed by atoms with Gasteiger partial charge in [-0.05, 0) is 24.4 Å². The van der Waals surface area contributed by atoms with E-state index >= 15 is 0 Å². The minimum Gasteiger partial charge on any atom is -0.315 e.